The summed E-state index contributed by atoms with van der Waals surface area (Å²) in [4.78, 5) is 0. The SMILES string of the molecule is c1ccc(Cc2ccccc2-c2cccc3sc4ccccc4c23)cc1. The molecule has 5 rings (SSSR count). The second-order valence-electron chi connectivity index (χ2n) is 6.60. The second kappa shape index (κ2) is 6.44. The van der Waals surface area contributed by atoms with Crippen molar-refractivity contribution in [3.05, 3.63) is 108 Å². The topological polar surface area (TPSA) is 0 Å². The average Bonchev–Trinajstić information content (AvgIpc) is 3.08. The molecule has 0 bridgehead atoms. The first kappa shape index (κ1) is 15.4. The molecule has 1 aromatic heterocycles. The Balaban J connectivity index is 1.74. The fourth-order valence-corrected chi connectivity index (χ4v) is 4.88. The molecule has 4 aromatic carbocycles. The first-order valence-electron chi connectivity index (χ1n) is 8.92. The summed E-state index contributed by atoms with van der Waals surface area (Å²) < 4.78 is 2.72. The summed E-state index contributed by atoms with van der Waals surface area (Å²) in [7, 11) is 0. The highest BCUT2D eigenvalue weighted by Crippen LogP contribution is 2.40. The van der Waals surface area contributed by atoms with Gasteiger partial charge in [-0.3, -0.25) is 0 Å². The van der Waals surface area contributed by atoms with Crippen LogP contribution in [0.1, 0.15) is 11.1 Å². The third-order valence-corrected chi connectivity index (χ3v) is 6.08. The lowest BCUT2D eigenvalue weighted by Crippen LogP contribution is -1.92. The van der Waals surface area contributed by atoms with Crippen LogP contribution in [0.15, 0.2) is 97.1 Å². The molecule has 0 aliphatic rings. The summed E-state index contributed by atoms with van der Waals surface area (Å²) in [6.07, 6.45) is 0.954. The zero-order valence-corrected chi connectivity index (χ0v) is 15.2. The van der Waals surface area contributed by atoms with E-state index in [4.69, 9.17) is 0 Å². The molecule has 0 aliphatic heterocycles. The number of rotatable bonds is 3. The summed E-state index contributed by atoms with van der Waals surface area (Å²) in [5.74, 6) is 0. The van der Waals surface area contributed by atoms with E-state index in [1.165, 1.54) is 42.4 Å². The molecule has 0 unspecified atom stereocenters. The molecular formula is C25H18S. The van der Waals surface area contributed by atoms with Crippen LogP contribution < -0.4 is 0 Å². The second-order valence-corrected chi connectivity index (χ2v) is 7.68. The smallest absolute Gasteiger partial charge is 0.0361 e. The predicted octanol–water partition coefficient (Wildman–Crippen LogP) is 7.31. The highest BCUT2D eigenvalue weighted by Gasteiger charge is 2.13. The molecule has 0 spiro atoms. The molecule has 0 aliphatic carbocycles. The summed E-state index contributed by atoms with van der Waals surface area (Å²) in [6.45, 7) is 0. The van der Waals surface area contributed by atoms with Gasteiger partial charge in [-0.25, -0.2) is 0 Å². The molecule has 0 N–H and O–H groups in total. The van der Waals surface area contributed by atoms with Crippen LogP contribution in [0.25, 0.3) is 31.3 Å². The van der Waals surface area contributed by atoms with E-state index >= 15 is 0 Å². The molecule has 0 nitrogen and oxygen atoms in total. The minimum Gasteiger partial charge on any atom is -0.135 e. The van der Waals surface area contributed by atoms with E-state index in [-0.39, 0.29) is 0 Å². The van der Waals surface area contributed by atoms with E-state index in [0.29, 0.717) is 0 Å². The van der Waals surface area contributed by atoms with E-state index in [1.807, 2.05) is 11.3 Å². The van der Waals surface area contributed by atoms with Crippen LogP contribution in [0.2, 0.25) is 0 Å². The first-order valence-corrected chi connectivity index (χ1v) is 9.74. The molecule has 5 aromatic rings. The van der Waals surface area contributed by atoms with Gasteiger partial charge in [0.15, 0.2) is 0 Å². The standard InChI is InChI=1S/C25H18S/c1-2-9-18(10-3-1)17-19-11-4-5-12-20(19)21-14-8-16-24-25(21)22-13-6-7-15-23(22)26-24/h1-16H,17H2. The number of fused-ring (bicyclic) bond motifs is 3. The fourth-order valence-electron chi connectivity index (χ4n) is 3.75. The van der Waals surface area contributed by atoms with Gasteiger partial charge in [0.2, 0.25) is 0 Å². The van der Waals surface area contributed by atoms with Crippen molar-refractivity contribution in [3.8, 4) is 11.1 Å². The minimum atomic E-state index is 0.954. The lowest BCUT2D eigenvalue weighted by molar-refractivity contribution is 1.20. The summed E-state index contributed by atoms with van der Waals surface area (Å²) >= 11 is 1.88. The lowest BCUT2D eigenvalue weighted by Gasteiger charge is -2.12. The summed E-state index contributed by atoms with van der Waals surface area (Å²) in [5.41, 5.74) is 5.40. The molecule has 1 heteroatoms. The Hall–Kier alpha value is -2.90. The van der Waals surface area contributed by atoms with Crippen LogP contribution in [0.5, 0.6) is 0 Å². The van der Waals surface area contributed by atoms with E-state index in [2.05, 4.69) is 97.1 Å². The number of thiophene rings is 1. The molecule has 26 heavy (non-hydrogen) atoms. The minimum absolute atomic E-state index is 0.954. The third-order valence-electron chi connectivity index (χ3n) is 4.95. The molecule has 0 saturated heterocycles. The molecule has 0 amide bonds. The molecule has 1 heterocycles. The van der Waals surface area contributed by atoms with Gasteiger partial charge in [0.1, 0.15) is 0 Å². The number of benzene rings is 4. The number of hydrogen-bond donors (Lipinski definition) is 0. The van der Waals surface area contributed by atoms with Gasteiger partial charge in [-0.1, -0.05) is 84.9 Å². The Morgan fingerprint density at radius 1 is 0.538 bits per heavy atom. The molecule has 0 radical (unpaired) electrons. The van der Waals surface area contributed by atoms with Gasteiger partial charge in [-0.2, -0.15) is 0 Å². The van der Waals surface area contributed by atoms with Crippen molar-refractivity contribution < 1.29 is 0 Å². The van der Waals surface area contributed by atoms with Crippen LogP contribution in [-0.2, 0) is 6.42 Å². The van der Waals surface area contributed by atoms with Gasteiger partial charge in [0.25, 0.3) is 0 Å². The van der Waals surface area contributed by atoms with Crippen molar-refractivity contribution in [2.24, 2.45) is 0 Å². The van der Waals surface area contributed by atoms with Crippen molar-refractivity contribution >= 4 is 31.5 Å². The highest BCUT2D eigenvalue weighted by atomic mass is 32.1. The van der Waals surface area contributed by atoms with Gasteiger partial charge in [0.05, 0.1) is 0 Å². The first-order chi connectivity index (χ1) is 12.9. The van der Waals surface area contributed by atoms with Gasteiger partial charge < -0.3 is 0 Å². The fraction of sp³-hybridized carbons (Fsp3) is 0.0400. The van der Waals surface area contributed by atoms with Gasteiger partial charge >= 0.3 is 0 Å². The van der Waals surface area contributed by atoms with E-state index in [9.17, 15) is 0 Å². The maximum Gasteiger partial charge on any atom is 0.0361 e. The maximum atomic E-state index is 2.27. The van der Waals surface area contributed by atoms with E-state index < -0.39 is 0 Å². The van der Waals surface area contributed by atoms with Crippen LogP contribution in [0.4, 0.5) is 0 Å². The zero-order chi connectivity index (χ0) is 17.3. The molecule has 0 saturated carbocycles. The van der Waals surface area contributed by atoms with Crippen LogP contribution in [0.3, 0.4) is 0 Å². The summed E-state index contributed by atoms with van der Waals surface area (Å²) in [6, 6.07) is 35.0. The van der Waals surface area contributed by atoms with E-state index in [0.717, 1.165) is 6.42 Å². The van der Waals surface area contributed by atoms with E-state index in [1.54, 1.807) is 0 Å². The monoisotopic (exact) mass is 350 g/mol. The Labute approximate surface area is 157 Å². The predicted molar refractivity (Wildman–Crippen MR) is 114 cm³/mol. The normalized spacial score (nSPS) is 11.2. The van der Waals surface area contributed by atoms with Gasteiger partial charge in [-0.05, 0) is 40.8 Å². The van der Waals surface area contributed by atoms with Crippen molar-refractivity contribution in [1.29, 1.82) is 0 Å². The van der Waals surface area contributed by atoms with Crippen molar-refractivity contribution in [2.75, 3.05) is 0 Å². The van der Waals surface area contributed by atoms with Crippen molar-refractivity contribution in [1.82, 2.24) is 0 Å². The Bertz CT molecular complexity index is 1200. The molecule has 0 fully saturated rings. The Morgan fingerprint density at radius 3 is 2.15 bits per heavy atom. The Morgan fingerprint density at radius 2 is 1.23 bits per heavy atom. The summed E-state index contributed by atoms with van der Waals surface area (Å²) in [5, 5.41) is 2.74. The average molecular weight is 350 g/mol. The zero-order valence-electron chi connectivity index (χ0n) is 14.4. The van der Waals surface area contributed by atoms with Gasteiger partial charge in [0, 0.05) is 20.2 Å². The highest BCUT2D eigenvalue weighted by molar-refractivity contribution is 7.25. The molecule has 0 atom stereocenters. The largest absolute Gasteiger partial charge is 0.135 e. The van der Waals surface area contributed by atoms with Crippen LogP contribution in [0, 0.1) is 0 Å². The maximum absolute atomic E-state index is 2.27. The van der Waals surface area contributed by atoms with Crippen LogP contribution >= 0.6 is 11.3 Å². The molecular weight excluding hydrogens is 332 g/mol. The van der Waals surface area contributed by atoms with Gasteiger partial charge in [-0.15, -0.1) is 11.3 Å². The molecule has 124 valence electrons. The lowest BCUT2D eigenvalue weighted by atomic mass is 9.92. The quantitative estimate of drug-likeness (QED) is 0.320. The van der Waals surface area contributed by atoms with Crippen molar-refractivity contribution in [3.63, 3.8) is 0 Å². The third kappa shape index (κ3) is 2.61. The number of hydrogen-bond acceptors (Lipinski definition) is 1. The Kier molecular flexibility index (Phi) is 3.80. The van der Waals surface area contributed by atoms with Crippen molar-refractivity contribution in [2.45, 2.75) is 6.42 Å². The van der Waals surface area contributed by atoms with Crippen LogP contribution in [-0.4, -0.2) is 0 Å².